The van der Waals surface area contributed by atoms with Crippen LogP contribution in [0.25, 0.3) is 16.8 Å². The minimum atomic E-state index is -0.701. The Labute approximate surface area is 220 Å². The SMILES string of the molecule is CCOCc1cc(F)c(-c2ccc3cnc(Nc4cnccc4C4C[C@@H](N)[C@@H](OC)[C@@H](C)C4)n3n2)c(F)c1. The van der Waals surface area contributed by atoms with E-state index in [-0.39, 0.29) is 35.9 Å². The number of rotatable bonds is 8. The Morgan fingerprint density at radius 3 is 2.63 bits per heavy atom. The number of fused-ring (bicyclic) bond motifs is 1. The summed E-state index contributed by atoms with van der Waals surface area (Å²) >= 11 is 0. The molecule has 1 aromatic carbocycles. The summed E-state index contributed by atoms with van der Waals surface area (Å²) in [6.45, 7) is 4.58. The maximum absolute atomic E-state index is 15.0. The number of imidazole rings is 1. The first-order valence-corrected chi connectivity index (χ1v) is 12.8. The number of halogens is 2. The Morgan fingerprint density at radius 2 is 1.92 bits per heavy atom. The molecule has 4 aromatic rings. The summed E-state index contributed by atoms with van der Waals surface area (Å²) in [7, 11) is 1.71. The van der Waals surface area contributed by atoms with Crippen molar-refractivity contribution in [1.29, 1.82) is 0 Å². The van der Waals surface area contributed by atoms with Crippen molar-refractivity contribution >= 4 is 17.2 Å². The molecule has 1 unspecified atom stereocenters. The van der Waals surface area contributed by atoms with Gasteiger partial charge in [-0.15, -0.1) is 0 Å². The lowest BCUT2D eigenvalue weighted by molar-refractivity contribution is 0.00984. The van der Waals surface area contributed by atoms with E-state index in [0.29, 0.717) is 29.6 Å². The zero-order valence-electron chi connectivity index (χ0n) is 21.7. The molecule has 3 N–H and O–H groups in total. The molecular weight excluding hydrogens is 490 g/mol. The zero-order valence-corrected chi connectivity index (χ0v) is 21.7. The normalized spacial score (nSPS) is 21.6. The van der Waals surface area contributed by atoms with Gasteiger partial charge in [-0.3, -0.25) is 4.98 Å². The Morgan fingerprint density at radius 1 is 1.13 bits per heavy atom. The third-order valence-corrected chi connectivity index (χ3v) is 7.22. The van der Waals surface area contributed by atoms with Crippen molar-refractivity contribution in [3.05, 3.63) is 71.7 Å². The smallest absolute Gasteiger partial charge is 0.229 e. The first kappa shape index (κ1) is 26.1. The lowest BCUT2D eigenvalue weighted by Gasteiger charge is -2.38. The Balaban J connectivity index is 1.46. The average molecular weight is 523 g/mol. The van der Waals surface area contributed by atoms with E-state index in [2.05, 4.69) is 27.3 Å². The summed E-state index contributed by atoms with van der Waals surface area (Å²) in [4.78, 5) is 8.77. The fourth-order valence-corrected chi connectivity index (χ4v) is 5.49. The van der Waals surface area contributed by atoms with Crippen LogP contribution in [-0.4, -0.2) is 45.4 Å². The zero-order chi connectivity index (χ0) is 26.8. The maximum atomic E-state index is 15.0. The molecule has 0 radical (unpaired) electrons. The van der Waals surface area contributed by atoms with E-state index in [1.165, 1.54) is 16.6 Å². The summed E-state index contributed by atoms with van der Waals surface area (Å²) < 4.78 is 42.4. The van der Waals surface area contributed by atoms with Crippen molar-refractivity contribution in [3.8, 4) is 11.3 Å². The highest BCUT2D eigenvalue weighted by Gasteiger charge is 2.35. The van der Waals surface area contributed by atoms with Gasteiger partial charge in [0.1, 0.15) is 11.6 Å². The fourth-order valence-electron chi connectivity index (χ4n) is 5.49. The van der Waals surface area contributed by atoms with Gasteiger partial charge in [0.2, 0.25) is 5.95 Å². The molecule has 3 heterocycles. The van der Waals surface area contributed by atoms with Crippen LogP contribution in [0.4, 0.5) is 20.4 Å². The molecule has 3 aromatic heterocycles. The van der Waals surface area contributed by atoms with Crippen LogP contribution < -0.4 is 11.1 Å². The molecule has 1 aliphatic rings. The number of nitrogens with one attached hydrogen (secondary N) is 1. The van der Waals surface area contributed by atoms with E-state index in [4.69, 9.17) is 15.2 Å². The predicted octanol–water partition coefficient (Wildman–Crippen LogP) is 5.21. The molecule has 1 saturated carbocycles. The molecule has 38 heavy (non-hydrogen) atoms. The van der Waals surface area contributed by atoms with Crippen molar-refractivity contribution < 1.29 is 18.3 Å². The van der Waals surface area contributed by atoms with Gasteiger partial charge in [0.05, 0.1) is 47.6 Å². The molecule has 0 aliphatic heterocycles. The van der Waals surface area contributed by atoms with E-state index in [9.17, 15) is 8.78 Å². The largest absolute Gasteiger partial charge is 0.380 e. The molecule has 1 aliphatic carbocycles. The standard InChI is InChI=1S/C28H32F2N6O2/c1-4-38-15-17-10-21(29)26(22(30)11-17)24-6-5-19-13-33-28(36(19)35-24)34-25-14-32-8-7-20(25)18-9-16(2)27(37-3)23(31)12-18/h5-8,10-11,13-14,16,18,23,27H,4,9,12,15,31H2,1-3H3,(H,33,34)/t16-,18?,23+,27-/m0/s1. The third-order valence-electron chi connectivity index (χ3n) is 7.22. The molecule has 0 spiro atoms. The molecule has 0 saturated heterocycles. The number of nitrogens with two attached hydrogens (primary N) is 1. The number of ether oxygens (including phenoxy) is 2. The van der Waals surface area contributed by atoms with E-state index in [1.54, 1.807) is 37.8 Å². The summed E-state index contributed by atoms with van der Waals surface area (Å²) in [6, 6.07) is 7.78. The lowest BCUT2D eigenvalue weighted by atomic mass is 9.74. The van der Waals surface area contributed by atoms with E-state index in [1.807, 2.05) is 13.0 Å². The summed E-state index contributed by atoms with van der Waals surface area (Å²) in [5.74, 6) is -0.477. The van der Waals surface area contributed by atoms with Gasteiger partial charge in [-0.1, -0.05) is 6.92 Å². The van der Waals surface area contributed by atoms with Gasteiger partial charge in [-0.25, -0.2) is 13.8 Å². The molecule has 8 nitrogen and oxygen atoms in total. The van der Waals surface area contributed by atoms with Crippen molar-refractivity contribution in [2.24, 2.45) is 11.7 Å². The van der Waals surface area contributed by atoms with Crippen LogP contribution >= 0.6 is 0 Å². The van der Waals surface area contributed by atoms with Gasteiger partial charge >= 0.3 is 0 Å². The number of pyridine rings is 1. The maximum Gasteiger partial charge on any atom is 0.229 e. The second-order valence-corrected chi connectivity index (χ2v) is 9.81. The van der Waals surface area contributed by atoms with Gasteiger partial charge < -0.3 is 20.5 Å². The minimum Gasteiger partial charge on any atom is -0.380 e. The number of benzene rings is 1. The highest BCUT2D eigenvalue weighted by molar-refractivity contribution is 5.66. The Kier molecular flexibility index (Phi) is 7.64. The second-order valence-electron chi connectivity index (χ2n) is 9.81. The number of aromatic nitrogens is 4. The first-order chi connectivity index (χ1) is 18.4. The average Bonchev–Trinajstić information content (AvgIpc) is 3.29. The summed E-state index contributed by atoms with van der Waals surface area (Å²) in [6.07, 6.45) is 6.89. The van der Waals surface area contributed by atoms with Gasteiger partial charge in [0, 0.05) is 26.0 Å². The topological polar surface area (TPSA) is 99.6 Å². The highest BCUT2D eigenvalue weighted by atomic mass is 19.1. The Bertz CT molecular complexity index is 1390. The number of hydrogen-bond acceptors (Lipinski definition) is 7. The van der Waals surface area contributed by atoms with Crippen molar-refractivity contribution in [2.45, 2.75) is 51.4 Å². The van der Waals surface area contributed by atoms with Crippen LogP contribution in [0.1, 0.15) is 43.7 Å². The number of methoxy groups -OCH3 is 1. The highest BCUT2D eigenvalue weighted by Crippen LogP contribution is 2.40. The third kappa shape index (κ3) is 5.11. The predicted molar refractivity (Wildman–Crippen MR) is 141 cm³/mol. The molecule has 5 rings (SSSR count). The van der Waals surface area contributed by atoms with Crippen LogP contribution in [0.2, 0.25) is 0 Å². The first-order valence-electron chi connectivity index (χ1n) is 12.8. The van der Waals surface area contributed by atoms with E-state index in [0.717, 1.165) is 24.1 Å². The van der Waals surface area contributed by atoms with Crippen molar-refractivity contribution in [2.75, 3.05) is 19.0 Å². The van der Waals surface area contributed by atoms with Gasteiger partial charge in [0.15, 0.2) is 0 Å². The van der Waals surface area contributed by atoms with Crippen molar-refractivity contribution in [1.82, 2.24) is 19.6 Å². The van der Waals surface area contributed by atoms with Gasteiger partial charge in [-0.2, -0.15) is 9.61 Å². The van der Waals surface area contributed by atoms with Gasteiger partial charge in [0.25, 0.3) is 0 Å². The molecule has 0 amide bonds. The minimum absolute atomic E-state index is 0.0254. The van der Waals surface area contributed by atoms with E-state index >= 15 is 0 Å². The molecule has 1 fully saturated rings. The van der Waals surface area contributed by atoms with Crippen LogP contribution in [0.5, 0.6) is 0 Å². The number of anilines is 2. The quantitative estimate of drug-likeness (QED) is 0.328. The number of hydrogen-bond donors (Lipinski definition) is 2. The molecule has 0 bridgehead atoms. The summed E-state index contributed by atoms with van der Waals surface area (Å²) in [5.41, 5.74) is 9.35. The molecular formula is C28H32F2N6O2. The summed E-state index contributed by atoms with van der Waals surface area (Å²) in [5, 5.41) is 7.86. The van der Waals surface area contributed by atoms with Crippen LogP contribution in [0.3, 0.4) is 0 Å². The molecule has 4 atom stereocenters. The lowest BCUT2D eigenvalue weighted by Crippen LogP contribution is -2.45. The van der Waals surface area contributed by atoms with E-state index < -0.39 is 11.6 Å². The number of nitrogens with zero attached hydrogens (tertiary/aromatic N) is 4. The fraction of sp³-hybridized carbons (Fsp3) is 0.393. The Hall–Kier alpha value is -3.47. The van der Waals surface area contributed by atoms with Crippen LogP contribution in [0, 0.1) is 17.6 Å². The monoisotopic (exact) mass is 522 g/mol. The second kappa shape index (κ2) is 11.1. The van der Waals surface area contributed by atoms with Crippen molar-refractivity contribution in [3.63, 3.8) is 0 Å². The van der Waals surface area contributed by atoms with Gasteiger partial charge in [-0.05, 0) is 73.1 Å². The van der Waals surface area contributed by atoms with Crippen LogP contribution in [0.15, 0.2) is 48.9 Å². The molecule has 200 valence electrons. The van der Waals surface area contributed by atoms with Crippen LogP contribution in [-0.2, 0) is 16.1 Å². The molecule has 10 heteroatoms.